The Labute approximate surface area is 149 Å². The Hall–Kier alpha value is -1.92. The second-order valence-electron chi connectivity index (χ2n) is 6.22. The van der Waals surface area contributed by atoms with Crippen molar-refractivity contribution in [3.8, 4) is 0 Å². The summed E-state index contributed by atoms with van der Waals surface area (Å²) in [5.41, 5.74) is 4.37. The predicted molar refractivity (Wildman–Crippen MR) is 97.2 cm³/mol. The van der Waals surface area contributed by atoms with Crippen LogP contribution in [-0.2, 0) is 6.54 Å². The number of pyridine rings is 2. The van der Waals surface area contributed by atoms with Crippen molar-refractivity contribution < 1.29 is 5.11 Å². The first-order valence-electron chi connectivity index (χ1n) is 8.18. The Morgan fingerprint density at radius 1 is 1.25 bits per heavy atom. The van der Waals surface area contributed by atoms with Crippen LogP contribution in [0.4, 0.5) is 5.69 Å². The number of anilines is 1. The number of halogens is 1. The Balaban J connectivity index is 1.60. The van der Waals surface area contributed by atoms with E-state index in [2.05, 4.69) is 54.7 Å². The van der Waals surface area contributed by atoms with Crippen molar-refractivity contribution in [1.82, 2.24) is 14.4 Å². The summed E-state index contributed by atoms with van der Waals surface area (Å²) in [6.07, 6.45) is 8.64. The van der Waals surface area contributed by atoms with Crippen LogP contribution >= 0.6 is 15.9 Å². The molecule has 0 amide bonds. The molecule has 1 N–H and O–H groups in total. The average Bonchev–Trinajstić information content (AvgIpc) is 3.34. The molecule has 0 spiro atoms. The van der Waals surface area contributed by atoms with Crippen LogP contribution in [0.25, 0.3) is 5.65 Å². The van der Waals surface area contributed by atoms with E-state index in [1.807, 2.05) is 12.1 Å². The molecule has 1 saturated carbocycles. The van der Waals surface area contributed by atoms with Gasteiger partial charge in [-0.25, -0.2) is 9.97 Å². The maximum Gasteiger partial charge on any atom is 0.137 e. The Bertz CT molecular complexity index is 859. The van der Waals surface area contributed by atoms with Crippen molar-refractivity contribution in [2.45, 2.75) is 25.3 Å². The fraction of sp³-hybridized carbons (Fsp3) is 0.333. The van der Waals surface area contributed by atoms with E-state index in [0.717, 1.165) is 27.5 Å². The monoisotopic (exact) mass is 386 g/mol. The third-order valence-corrected chi connectivity index (χ3v) is 4.80. The Morgan fingerprint density at radius 2 is 2.12 bits per heavy atom. The molecule has 0 aromatic carbocycles. The van der Waals surface area contributed by atoms with E-state index in [1.54, 1.807) is 6.20 Å². The van der Waals surface area contributed by atoms with Crippen molar-refractivity contribution >= 4 is 27.3 Å². The fourth-order valence-electron chi connectivity index (χ4n) is 3.00. The SMILES string of the molecule is OCCN(Cc1cn2cc(C3CC3)ccc2n1)c1ccnc(Br)c1. The van der Waals surface area contributed by atoms with Crippen molar-refractivity contribution in [1.29, 1.82) is 0 Å². The molecule has 124 valence electrons. The van der Waals surface area contributed by atoms with Gasteiger partial charge in [-0.3, -0.25) is 0 Å². The van der Waals surface area contributed by atoms with Crippen LogP contribution in [-0.4, -0.2) is 32.6 Å². The molecule has 0 aliphatic heterocycles. The molecule has 3 aromatic heterocycles. The van der Waals surface area contributed by atoms with Gasteiger partial charge >= 0.3 is 0 Å². The quantitative estimate of drug-likeness (QED) is 0.659. The van der Waals surface area contributed by atoms with Gasteiger partial charge in [0.1, 0.15) is 10.3 Å². The lowest BCUT2D eigenvalue weighted by atomic mass is 10.2. The smallest absolute Gasteiger partial charge is 0.137 e. The molecule has 6 heteroatoms. The van der Waals surface area contributed by atoms with Crippen LogP contribution in [0.1, 0.15) is 30.0 Å². The van der Waals surface area contributed by atoms with Crippen molar-refractivity contribution in [2.75, 3.05) is 18.1 Å². The van der Waals surface area contributed by atoms with Crippen LogP contribution in [0.5, 0.6) is 0 Å². The highest BCUT2D eigenvalue weighted by atomic mass is 79.9. The zero-order valence-electron chi connectivity index (χ0n) is 13.3. The average molecular weight is 387 g/mol. The van der Waals surface area contributed by atoms with Crippen molar-refractivity contribution in [3.63, 3.8) is 0 Å². The number of aromatic nitrogens is 3. The summed E-state index contributed by atoms with van der Waals surface area (Å²) in [7, 11) is 0. The number of fused-ring (bicyclic) bond motifs is 1. The number of aliphatic hydroxyl groups excluding tert-OH is 1. The van der Waals surface area contributed by atoms with E-state index in [-0.39, 0.29) is 6.61 Å². The van der Waals surface area contributed by atoms with E-state index in [0.29, 0.717) is 13.1 Å². The van der Waals surface area contributed by atoms with Gasteiger partial charge in [-0.15, -0.1) is 0 Å². The van der Waals surface area contributed by atoms with Gasteiger partial charge in [-0.1, -0.05) is 6.07 Å². The lowest BCUT2D eigenvalue weighted by molar-refractivity contribution is 0.301. The summed E-state index contributed by atoms with van der Waals surface area (Å²) < 4.78 is 2.90. The number of hydrogen-bond donors (Lipinski definition) is 1. The van der Waals surface area contributed by atoms with Gasteiger partial charge in [0.25, 0.3) is 0 Å². The van der Waals surface area contributed by atoms with Crippen molar-refractivity contribution in [3.05, 3.63) is 58.7 Å². The topological polar surface area (TPSA) is 53.7 Å². The van der Waals surface area contributed by atoms with Crippen LogP contribution in [0, 0.1) is 0 Å². The molecule has 4 rings (SSSR count). The molecular formula is C18H19BrN4O. The van der Waals surface area contributed by atoms with Gasteiger partial charge in [0.15, 0.2) is 0 Å². The molecule has 0 atom stereocenters. The number of rotatable bonds is 6. The van der Waals surface area contributed by atoms with E-state index < -0.39 is 0 Å². The van der Waals surface area contributed by atoms with Gasteiger partial charge in [-0.2, -0.15) is 0 Å². The zero-order chi connectivity index (χ0) is 16.5. The molecule has 0 bridgehead atoms. The Morgan fingerprint density at radius 3 is 2.88 bits per heavy atom. The molecular weight excluding hydrogens is 368 g/mol. The van der Waals surface area contributed by atoms with E-state index in [1.165, 1.54) is 18.4 Å². The highest BCUT2D eigenvalue weighted by Gasteiger charge is 2.23. The molecule has 0 unspecified atom stereocenters. The van der Waals surface area contributed by atoms with Gasteiger partial charge < -0.3 is 14.4 Å². The summed E-state index contributed by atoms with van der Waals surface area (Å²) in [5, 5.41) is 9.39. The number of imidazole rings is 1. The minimum Gasteiger partial charge on any atom is -0.395 e. The molecule has 1 fully saturated rings. The molecule has 24 heavy (non-hydrogen) atoms. The van der Waals surface area contributed by atoms with Gasteiger partial charge in [0, 0.05) is 30.8 Å². The number of aliphatic hydroxyl groups is 1. The first kappa shape index (κ1) is 15.6. The maximum atomic E-state index is 9.39. The van der Waals surface area contributed by atoms with E-state index in [9.17, 15) is 5.11 Å². The molecule has 1 aliphatic carbocycles. The minimum absolute atomic E-state index is 0.0964. The van der Waals surface area contributed by atoms with Crippen LogP contribution in [0.15, 0.2) is 47.5 Å². The second kappa shape index (κ2) is 6.53. The molecule has 3 heterocycles. The van der Waals surface area contributed by atoms with Gasteiger partial charge in [0.2, 0.25) is 0 Å². The first-order chi connectivity index (χ1) is 11.7. The fourth-order valence-corrected chi connectivity index (χ4v) is 3.35. The van der Waals surface area contributed by atoms with E-state index >= 15 is 0 Å². The number of nitrogens with zero attached hydrogens (tertiary/aromatic N) is 4. The molecule has 1 aliphatic rings. The van der Waals surface area contributed by atoms with Gasteiger partial charge in [-0.05, 0) is 58.5 Å². The lowest BCUT2D eigenvalue weighted by Gasteiger charge is -2.22. The summed E-state index contributed by atoms with van der Waals surface area (Å²) in [6, 6.07) is 8.18. The van der Waals surface area contributed by atoms with Crippen molar-refractivity contribution in [2.24, 2.45) is 0 Å². The van der Waals surface area contributed by atoms with Crippen LogP contribution in [0.2, 0.25) is 0 Å². The Kier molecular flexibility index (Phi) is 4.24. The summed E-state index contributed by atoms with van der Waals surface area (Å²) in [4.78, 5) is 11.0. The zero-order valence-corrected chi connectivity index (χ0v) is 14.9. The molecule has 3 aromatic rings. The highest BCUT2D eigenvalue weighted by molar-refractivity contribution is 9.10. The summed E-state index contributed by atoms with van der Waals surface area (Å²) in [5.74, 6) is 0.736. The summed E-state index contributed by atoms with van der Waals surface area (Å²) >= 11 is 3.40. The number of hydrogen-bond acceptors (Lipinski definition) is 4. The molecule has 0 saturated heterocycles. The van der Waals surface area contributed by atoms with E-state index in [4.69, 9.17) is 4.98 Å². The van der Waals surface area contributed by atoms with Gasteiger partial charge in [0.05, 0.1) is 18.8 Å². The lowest BCUT2D eigenvalue weighted by Crippen LogP contribution is -2.26. The third kappa shape index (κ3) is 3.30. The first-order valence-corrected chi connectivity index (χ1v) is 8.97. The normalized spacial score (nSPS) is 14.2. The standard InChI is InChI=1S/C18H19BrN4O/c19-17-9-16(5-6-20-17)22(7-8-24)11-15-12-23-10-14(13-1-2-13)3-4-18(23)21-15/h3-6,9-10,12-13,24H,1-2,7-8,11H2. The maximum absolute atomic E-state index is 9.39. The highest BCUT2D eigenvalue weighted by Crippen LogP contribution is 2.39. The molecule has 0 radical (unpaired) electrons. The van der Waals surface area contributed by atoms with Crippen LogP contribution in [0.3, 0.4) is 0 Å². The van der Waals surface area contributed by atoms with Crippen LogP contribution < -0.4 is 4.90 Å². The predicted octanol–water partition coefficient (Wildman–Crippen LogP) is 3.37. The minimum atomic E-state index is 0.0964. The third-order valence-electron chi connectivity index (χ3n) is 4.37. The summed E-state index contributed by atoms with van der Waals surface area (Å²) in [6.45, 7) is 1.30. The second-order valence-corrected chi connectivity index (χ2v) is 7.03. The largest absolute Gasteiger partial charge is 0.395 e. The molecule has 5 nitrogen and oxygen atoms in total.